The van der Waals surface area contributed by atoms with Crippen LogP contribution in [-0.2, 0) is 12.7 Å². The lowest BCUT2D eigenvalue weighted by Crippen LogP contribution is -2.46. The number of piperidine rings is 1. The molecule has 2 aliphatic rings. The van der Waals surface area contributed by atoms with Crippen LogP contribution in [0.4, 0.5) is 13.2 Å². The molecular weight excluding hydrogens is 301 g/mol. The van der Waals surface area contributed by atoms with Gasteiger partial charge in [0.25, 0.3) is 0 Å². The van der Waals surface area contributed by atoms with E-state index in [2.05, 4.69) is 10.6 Å². The first-order valence-corrected chi connectivity index (χ1v) is 8.67. The van der Waals surface area contributed by atoms with Crippen molar-refractivity contribution in [2.24, 2.45) is 5.92 Å². The van der Waals surface area contributed by atoms with Gasteiger partial charge in [0.2, 0.25) is 0 Å². The van der Waals surface area contributed by atoms with Crippen LogP contribution < -0.4 is 10.6 Å². The molecule has 5 heteroatoms. The molecule has 2 nitrogen and oxygen atoms in total. The molecule has 1 aromatic carbocycles. The molecule has 0 aromatic heterocycles. The summed E-state index contributed by atoms with van der Waals surface area (Å²) in [6.07, 6.45) is 2.83. The largest absolute Gasteiger partial charge is 0.416 e. The van der Waals surface area contributed by atoms with E-state index in [0.717, 1.165) is 13.0 Å². The predicted octanol–water partition coefficient (Wildman–Crippen LogP) is 4.11. The molecule has 1 heterocycles. The molecule has 3 atom stereocenters. The molecule has 0 radical (unpaired) electrons. The van der Waals surface area contributed by atoms with Gasteiger partial charge < -0.3 is 10.6 Å². The van der Waals surface area contributed by atoms with Crippen LogP contribution in [0, 0.1) is 5.92 Å². The first-order valence-electron chi connectivity index (χ1n) is 8.67. The van der Waals surface area contributed by atoms with Gasteiger partial charge in [-0.25, -0.2) is 0 Å². The van der Waals surface area contributed by atoms with Crippen molar-refractivity contribution in [3.05, 3.63) is 35.4 Å². The van der Waals surface area contributed by atoms with E-state index < -0.39 is 11.7 Å². The SMILES string of the molecule is FC(F)(F)c1ccccc1CNC1CCCC1C1CCCCN1. The molecule has 0 amide bonds. The quantitative estimate of drug-likeness (QED) is 0.870. The van der Waals surface area contributed by atoms with Gasteiger partial charge in [-0.1, -0.05) is 31.0 Å². The van der Waals surface area contributed by atoms with Gasteiger partial charge in [0.05, 0.1) is 5.56 Å². The van der Waals surface area contributed by atoms with Crippen LogP contribution in [0.5, 0.6) is 0 Å². The summed E-state index contributed by atoms with van der Waals surface area (Å²) in [5, 5.41) is 7.02. The zero-order valence-corrected chi connectivity index (χ0v) is 13.3. The van der Waals surface area contributed by atoms with E-state index in [0.29, 0.717) is 30.1 Å². The monoisotopic (exact) mass is 326 g/mol. The maximum atomic E-state index is 13.1. The molecule has 1 aliphatic carbocycles. The van der Waals surface area contributed by atoms with Crippen LogP contribution in [0.1, 0.15) is 49.7 Å². The van der Waals surface area contributed by atoms with Gasteiger partial charge in [0.15, 0.2) is 0 Å². The van der Waals surface area contributed by atoms with Gasteiger partial charge in [-0.2, -0.15) is 13.2 Å². The van der Waals surface area contributed by atoms with Crippen LogP contribution >= 0.6 is 0 Å². The van der Waals surface area contributed by atoms with E-state index >= 15 is 0 Å². The Bertz CT molecular complexity index is 509. The molecule has 2 N–H and O–H groups in total. The lowest BCUT2D eigenvalue weighted by Gasteiger charge is -2.33. The highest BCUT2D eigenvalue weighted by Gasteiger charge is 2.35. The molecule has 1 saturated carbocycles. The third-order valence-electron chi connectivity index (χ3n) is 5.31. The van der Waals surface area contributed by atoms with Gasteiger partial charge in [0, 0.05) is 18.6 Å². The van der Waals surface area contributed by atoms with Crippen molar-refractivity contribution in [2.45, 2.75) is 63.3 Å². The van der Waals surface area contributed by atoms with E-state index in [1.165, 1.54) is 44.2 Å². The van der Waals surface area contributed by atoms with Crippen molar-refractivity contribution < 1.29 is 13.2 Å². The molecule has 3 unspecified atom stereocenters. The highest BCUT2D eigenvalue weighted by atomic mass is 19.4. The Labute approximate surface area is 135 Å². The molecule has 0 bridgehead atoms. The van der Waals surface area contributed by atoms with Crippen molar-refractivity contribution in [3.8, 4) is 0 Å². The minimum Gasteiger partial charge on any atom is -0.314 e. The fourth-order valence-electron chi connectivity index (χ4n) is 4.16. The minimum absolute atomic E-state index is 0.295. The summed E-state index contributed by atoms with van der Waals surface area (Å²) < 4.78 is 39.2. The van der Waals surface area contributed by atoms with Gasteiger partial charge in [-0.3, -0.25) is 0 Å². The molecule has 1 aromatic rings. The van der Waals surface area contributed by atoms with E-state index in [1.807, 2.05) is 0 Å². The summed E-state index contributed by atoms with van der Waals surface area (Å²) in [6, 6.07) is 6.75. The molecule has 0 spiro atoms. The summed E-state index contributed by atoms with van der Waals surface area (Å²) in [7, 11) is 0. The molecule has 1 aliphatic heterocycles. The molecule has 128 valence electrons. The molecular formula is C18H25F3N2. The van der Waals surface area contributed by atoms with Crippen molar-refractivity contribution in [2.75, 3.05) is 6.54 Å². The minimum atomic E-state index is -4.28. The second kappa shape index (κ2) is 7.22. The third kappa shape index (κ3) is 4.07. The number of halogens is 3. The summed E-state index contributed by atoms with van der Waals surface area (Å²) >= 11 is 0. The molecule has 1 saturated heterocycles. The third-order valence-corrected chi connectivity index (χ3v) is 5.31. The zero-order chi connectivity index (χ0) is 16.3. The number of rotatable bonds is 4. The normalized spacial score (nSPS) is 28.9. The van der Waals surface area contributed by atoms with Crippen LogP contribution in [0.3, 0.4) is 0 Å². The highest BCUT2D eigenvalue weighted by molar-refractivity contribution is 5.29. The molecule has 23 heavy (non-hydrogen) atoms. The van der Waals surface area contributed by atoms with E-state index in [9.17, 15) is 13.2 Å². The fourth-order valence-corrected chi connectivity index (χ4v) is 4.16. The van der Waals surface area contributed by atoms with Crippen LogP contribution in [0.25, 0.3) is 0 Å². The van der Waals surface area contributed by atoms with Crippen LogP contribution in [-0.4, -0.2) is 18.6 Å². The second-order valence-electron chi connectivity index (χ2n) is 6.79. The number of alkyl halides is 3. The second-order valence-corrected chi connectivity index (χ2v) is 6.79. The number of benzene rings is 1. The van der Waals surface area contributed by atoms with Crippen molar-refractivity contribution in [1.29, 1.82) is 0 Å². The Kier molecular flexibility index (Phi) is 5.27. The van der Waals surface area contributed by atoms with E-state index in [1.54, 1.807) is 12.1 Å². The maximum Gasteiger partial charge on any atom is 0.416 e. The average molecular weight is 326 g/mol. The van der Waals surface area contributed by atoms with Gasteiger partial charge in [0.1, 0.15) is 0 Å². The summed E-state index contributed by atoms with van der Waals surface area (Å²) in [5.41, 5.74) is -0.167. The highest BCUT2D eigenvalue weighted by Crippen LogP contribution is 2.34. The topological polar surface area (TPSA) is 24.1 Å². The Morgan fingerprint density at radius 3 is 2.61 bits per heavy atom. The van der Waals surface area contributed by atoms with Crippen molar-refractivity contribution in [3.63, 3.8) is 0 Å². The summed E-state index contributed by atoms with van der Waals surface area (Å²) in [4.78, 5) is 0. The predicted molar refractivity (Wildman–Crippen MR) is 85.1 cm³/mol. The molecule has 2 fully saturated rings. The van der Waals surface area contributed by atoms with E-state index in [-0.39, 0.29) is 0 Å². The summed E-state index contributed by atoms with van der Waals surface area (Å²) in [5.74, 6) is 0.549. The average Bonchev–Trinajstić information content (AvgIpc) is 3.02. The lowest BCUT2D eigenvalue weighted by molar-refractivity contribution is -0.138. The Morgan fingerprint density at radius 1 is 1.04 bits per heavy atom. The van der Waals surface area contributed by atoms with Crippen molar-refractivity contribution >= 4 is 0 Å². The van der Waals surface area contributed by atoms with Crippen molar-refractivity contribution in [1.82, 2.24) is 10.6 Å². The Balaban J connectivity index is 1.63. The fraction of sp³-hybridized carbons (Fsp3) is 0.667. The van der Waals surface area contributed by atoms with Gasteiger partial charge in [-0.05, 0) is 49.8 Å². The summed E-state index contributed by atoms with van der Waals surface area (Å²) in [6.45, 7) is 1.37. The molecule has 3 rings (SSSR count). The van der Waals surface area contributed by atoms with E-state index in [4.69, 9.17) is 0 Å². The smallest absolute Gasteiger partial charge is 0.314 e. The Morgan fingerprint density at radius 2 is 1.87 bits per heavy atom. The maximum absolute atomic E-state index is 13.1. The van der Waals surface area contributed by atoms with Gasteiger partial charge in [-0.15, -0.1) is 0 Å². The number of hydrogen-bond acceptors (Lipinski definition) is 2. The van der Waals surface area contributed by atoms with Crippen LogP contribution in [0.15, 0.2) is 24.3 Å². The Hall–Kier alpha value is -1.07. The number of hydrogen-bond donors (Lipinski definition) is 2. The first kappa shape index (κ1) is 16.8. The van der Waals surface area contributed by atoms with Crippen LogP contribution in [0.2, 0.25) is 0 Å². The van der Waals surface area contributed by atoms with Gasteiger partial charge >= 0.3 is 6.18 Å². The zero-order valence-electron chi connectivity index (χ0n) is 13.3. The lowest BCUT2D eigenvalue weighted by atomic mass is 9.88. The number of nitrogens with one attached hydrogen (secondary N) is 2. The first-order chi connectivity index (χ1) is 11.1. The standard InChI is InChI=1S/C18H25F3N2/c19-18(20,21)15-8-2-1-6-13(15)12-23-17-10-5-7-14(17)16-9-3-4-11-22-16/h1-2,6,8,14,16-17,22-23H,3-5,7,9-12H2.